The molecule has 1 fully saturated rings. The number of carbonyl (C=O) groups excluding carboxylic acids is 1. The maximum Gasteiger partial charge on any atom is 0.243 e. The molecule has 0 radical (unpaired) electrons. The molecular weight excluding hydrogens is 400 g/mol. The van der Waals surface area contributed by atoms with Crippen LogP contribution in [-0.4, -0.2) is 38.3 Å². The summed E-state index contributed by atoms with van der Waals surface area (Å²) in [6.07, 6.45) is 3.11. The molecule has 1 heterocycles. The van der Waals surface area contributed by atoms with Crippen molar-refractivity contribution in [1.82, 2.24) is 9.62 Å². The Morgan fingerprint density at radius 2 is 1.80 bits per heavy atom. The number of piperidine rings is 1. The molecule has 162 valence electrons. The summed E-state index contributed by atoms with van der Waals surface area (Å²) in [5.41, 5.74) is 2.98. The largest absolute Gasteiger partial charge is 0.493 e. The Morgan fingerprint density at radius 1 is 1.07 bits per heavy atom. The smallest absolute Gasteiger partial charge is 0.243 e. The molecule has 1 aliphatic heterocycles. The highest BCUT2D eigenvalue weighted by Gasteiger charge is 2.25. The van der Waals surface area contributed by atoms with Gasteiger partial charge in [-0.1, -0.05) is 30.7 Å². The van der Waals surface area contributed by atoms with Crippen LogP contribution in [0.5, 0.6) is 5.75 Å². The van der Waals surface area contributed by atoms with Crippen LogP contribution in [0.25, 0.3) is 0 Å². The predicted octanol–water partition coefficient (Wildman–Crippen LogP) is 3.56. The van der Waals surface area contributed by atoms with E-state index < -0.39 is 10.0 Å². The van der Waals surface area contributed by atoms with Crippen LogP contribution in [0.4, 0.5) is 0 Å². The Bertz CT molecular complexity index is 982. The molecular formula is C23H30N2O4S. The fourth-order valence-corrected chi connectivity index (χ4v) is 5.08. The normalized spacial score (nSPS) is 15.0. The van der Waals surface area contributed by atoms with Crippen molar-refractivity contribution in [1.29, 1.82) is 0 Å². The highest BCUT2D eigenvalue weighted by Crippen LogP contribution is 2.22. The number of nitrogens with one attached hydrogen (secondary N) is 1. The lowest BCUT2D eigenvalue weighted by atomic mass is 10.1. The number of benzene rings is 2. The lowest BCUT2D eigenvalue weighted by molar-refractivity contribution is -0.121. The monoisotopic (exact) mass is 430 g/mol. The van der Waals surface area contributed by atoms with Gasteiger partial charge in [0.25, 0.3) is 0 Å². The standard InChI is InChI=1S/C23H30N2O4S/c1-18-8-6-11-22(19(18)2)29-15-12-23(26)24-17-20-9-7-10-21(16-20)30(27,28)25-13-4-3-5-14-25/h6-11,16H,3-5,12-15,17H2,1-2H3,(H,24,26). The summed E-state index contributed by atoms with van der Waals surface area (Å²) in [5, 5.41) is 2.84. The van der Waals surface area contributed by atoms with Crippen LogP contribution < -0.4 is 10.1 Å². The summed E-state index contributed by atoms with van der Waals surface area (Å²) in [6, 6.07) is 12.7. The number of carbonyl (C=O) groups is 1. The third-order valence-electron chi connectivity index (χ3n) is 5.48. The van der Waals surface area contributed by atoms with Gasteiger partial charge in [0.2, 0.25) is 15.9 Å². The lowest BCUT2D eigenvalue weighted by Crippen LogP contribution is -2.35. The van der Waals surface area contributed by atoms with Gasteiger partial charge in [0.15, 0.2) is 0 Å². The molecule has 0 bridgehead atoms. The van der Waals surface area contributed by atoms with Crippen molar-refractivity contribution in [2.45, 2.75) is 51.0 Å². The van der Waals surface area contributed by atoms with E-state index in [1.54, 1.807) is 22.5 Å². The molecule has 2 aromatic rings. The second kappa shape index (κ2) is 10.1. The average Bonchev–Trinajstić information content (AvgIpc) is 2.76. The third kappa shape index (κ3) is 5.61. The quantitative estimate of drug-likeness (QED) is 0.695. The zero-order chi connectivity index (χ0) is 21.6. The Balaban J connectivity index is 1.51. The van der Waals surface area contributed by atoms with Crippen LogP contribution in [0.3, 0.4) is 0 Å². The first-order valence-electron chi connectivity index (χ1n) is 10.4. The average molecular weight is 431 g/mol. The minimum Gasteiger partial charge on any atom is -0.493 e. The van der Waals surface area contributed by atoms with Crippen molar-refractivity contribution in [3.8, 4) is 5.75 Å². The van der Waals surface area contributed by atoms with Crippen LogP contribution in [0, 0.1) is 13.8 Å². The Morgan fingerprint density at radius 3 is 2.57 bits per heavy atom. The van der Waals surface area contributed by atoms with Crippen molar-refractivity contribution in [3.63, 3.8) is 0 Å². The van der Waals surface area contributed by atoms with Gasteiger partial charge in [-0.25, -0.2) is 8.42 Å². The molecule has 0 saturated carbocycles. The Kier molecular flexibility index (Phi) is 7.50. The number of ether oxygens (including phenoxy) is 1. The van der Waals surface area contributed by atoms with Gasteiger partial charge in [-0.05, 0) is 61.6 Å². The molecule has 7 heteroatoms. The molecule has 0 aromatic heterocycles. The molecule has 0 unspecified atom stereocenters. The number of nitrogens with zero attached hydrogens (tertiary/aromatic N) is 1. The highest BCUT2D eigenvalue weighted by atomic mass is 32.2. The first kappa shape index (κ1) is 22.3. The van der Waals surface area contributed by atoms with Gasteiger partial charge in [-0.3, -0.25) is 4.79 Å². The zero-order valence-electron chi connectivity index (χ0n) is 17.7. The minimum atomic E-state index is -3.47. The maximum absolute atomic E-state index is 12.8. The van der Waals surface area contributed by atoms with E-state index in [0.717, 1.165) is 41.7 Å². The second-order valence-corrected chi connectivity index (χ2v) is 9.62. The van der Waals surface area contributed by atoms with E-state index in [4.69, 9.17) is 4.74 Å². The third-order valence-corrected chi connectivity index (χ3v) is 7.38. The van der Waals surface area contributed by atoms with Gasteiger partial charge < -0.3 is 10.1 Å². The van der Waals surface area contributed by atoms with Crippen LogP contribution in [-0.2, 0) is 21.4 Å². The van der Waals surface area contributed by atoms with E-state index in [9.17, 15) is 13.2 Å². The predicted molar refractivity (Wildman–Crippen MR) is 117 cm³/mol. The molecule has 1 aliphatic rings. The Labute approximate surface area is 179 Å². The fourth-order valence-electron chi connectivity index (χ4n) is 3.49. The molecule has 0 spiro atoms. The first-order valence-corrected chi connectivity index (χ1v) is 11.9. The van der Waals surface area contributed by atoms with Gasteiger partial charge >= 0.3 is 0 Å². The number of hydrogen-bond acceptors (Lipinski definition) is 4. The number of hydrogen-bond donors (Lipinski definition) is 1. The molecule has 2 aromatic carbocycles. The molecule has 0 aliphatic carbocycles. The topological polar surface area (TPSA) is 75.7 Å². The van der Waals surface area contributed by atoms with Crippen molar-refractivity contribution >= 4 is 15.9 Å². The number of aryl methyl sites for hydroxylation is 1. The van der Waals surface area contributed by atoms with Gasteiger partial charge in [-0.15, -0.1) is 0 Å². The second-order valence-electron chi connectivity index (χ2n) is 7.69. The van der Waals surface area contributed by atoms with E-state index in [0.29, 0.717) is 19.7 Å². The van der Waals surface area contributed by atoms with Crippen LogP contribution in [0.15, 0.2) is 47.4 Å². The molecule has 30 heavy (non-hydrogen) atoms. The van der Waals surface area contributed by atoms with Crippen molar-refractivity contribution in [2.75, 3.05) is 19.7 Å². The van der Waals surface area contributed by atoms with Crippen LogP contribution >= 0.6 is 0 Å². The SMILES string of the molecule is Cc1cccc(OCCC(=O)NCc2cccc(S(=O)(=O)N3CCCCC3)c2)c1C. The summed E-state index contributed by atoms with van der Waals surface area (Å²) in [4.78, 5) is 12.5. The van der Waals surface area contributed by atoms with Crippen LogP contribution in [0.1, 0.15) is 42.4 Å². The highest BCUT2D eigenvalue weighted by molar-refractivity contribution is 7.89. The summed E-state index contributed by atoms with van der Waals surface area (Å²) in [7, 11) is -3.47. The van der Waals surface area contributed by atoms with Gasteiger partial charge in [0.05, 0.1) is 17.9 Å². The van der Waals surface area contributed by atoms with E-state index in [1.165, 1.54) is 0 Å². The van der Waals surface area contributed by atoms with Crippen molar-refractivity contribution in [3.05, 3.63) is 59.2 Å². The summed E-state index contributed by atoms with van der Waals surface area (Å²) >= 11 is 0. The molecule has 6 nitrogen and oxygen atoms in total. The van der Waals surface area contributed by atoms with Gasteiger partial charge in [0.1, 0.15) is 5.75 Å². The van der Waals surface area contributed by atoms with E-state index in [-0.39, 0.29) is 23.8 Å². The molecule has 1 amide bonds. The van der Waals surface area contributed by atoms with E-state index >= 15 is 0 Å². The summed E-state index contributed by atoms with van der Waals surface area (Å²) < 4.78 is 32.9. The fraction of sp³-hybridized carbons (Fsp3) is 0.435. The van der Waals surface area contributed by atoms with Crippen LogP contribution in [0.2, 0.25) is 0 Å². The minimum absolute atomic E-state index is 0.135. The summed E-state index contributed by atoms with van der Waals surface area (Å²) in [6.45, 7) is 5.74. The number of rotatable bonds is 8. The van der Waals surface area contributed by atoms with Gasteiger partial charge in [-0.2, -0.15) is 4.31 Å². The first-order chi connectivity index (χ1) is 14.4. The lowest BCUT2D eigenvalue weighted by Gasteiger charge is -2.26. The Hall–Kier alpha value is -2.38. The van der Waals surface area contributed by atoms with E-state index in [1.807, 2.05) is 38.1 Å². The van der Waals surface area contributed by atoms with E-state index in [2.05, 4.69) is 5.32 Å². The zero-order valence-corrected chi connectivity index (χ0v) is 18.5. The molecule has 1 N–H and O–H groups in total. The van der Waals surface area contributed by atoms with Crippen molar-refractivity contribution in [2.24, 2.45) is 0 Å². The number of sulfonamides is 1. The molecule has 1 saturated heterocycles. The van der Waals surface area contributed by atoms with Gasteiger partial charge in [0, 0.05) is 19.6 Å². The number of amides is 1. The molecule has 3 rings (SSSR count). The molecule has 0 atom stereocenters. The summed E-state index contributed by atoms with van der Waals surface area (Å²) in [5.74, 6) is 0.656. The maximum atomic E-state index is 12.8. The van der Waals surface area contributed by atoms with Crippen molar-refractivity contribution < 1.29 is 17.9 Å².